The van der Waals surface area contributed by atoms with Crippen LogP contribution in [0.5, 0.6) is 0 Å². The third-order valence-electron chi connectivity index (χ3n) is 1.78. The predicted octanol–water partition coefficient (Wildman–Crippen LogP) is -0.0802. The van der Waals surface area contributed by atoms with E-state index in [1.54, 1.807) is 0 Å². The molecule has 0 aromatic carbocycles. The lowest BCUT2D eigenvalue weighted by Crippen LogP contribution is -2.27. The SMILES string of the molecule is C1CCOCC1.CC(N=C(N)N)C(=O)O. The van der Waals surface area contributed by atoms with Crippen molar-refractivity contribution in [1.29, 1.82) is 0 Å². The van der Waals surface area contributed by atoms with Crippen molar-refractivity contribution < 1.29 is 14.6 Å². The summed E-state index contributed by atoms with van der Waals surface area (Å²) in [6, 6.07) is -0.852. The largest absolute Gasteiger partial charge is 0.480 e. The van der Waals surface area contributed by atoms with Gasteiger partial charge in [-0.25, -0.2) is 9.79 Å². The van der Waals surface area contributed by atoms with Gasteiger partial charge in [0.15, 0.2) is 5.96 Å². The van der Waals surface area contributed by atoms with Gasteiger partial charge in [-0.05, 0) is 26.2 Å². The number of nitrogens with two attached hydrogens (primary N) is 2. The van der Waals surface area contributed by atoms with E-state index in [1.807, 2.05) is 0 Å². The number of hydrogen-bond donors (Lipinski definition) is 3. The maximum Gasteiger partial charge on any atom is 0.328 e. The molecule has 88 valence electrons. The molecule has 1 saturated heterocycles. The van der Waals surface area contributed by atoms with E-state index in [0.29, 0.717) is 0 Å². The van der Waals surface area contributed by atoms with Gasteiger partial charge in [0.1, 0.15) is 6.04 Å². The van der Waals surface area contributed by atoms with Crippen molar-refractivity contribution in [2.45, 2.75) is 32.2 Å². The minimum absolute atomic E-state index is 0.204. The lowest BCUT2D eigenvalue weighted by molar-refractivity contribution is -0.137. The first-order valence-corrected chi connectivity index (χ1v) is 4.93. The Bertz CT molecular complexity index is 199. The molecule has 1 atom stereocenters. The van der Waals surface area contributed by atoms with Gasteiger partial charge >= 0.3 is 5.97 Å². The van der Waals surface area contributed by atoms with E-state index in [-0.39, 0.29) is 5.96 Å². The Hall–Kier alpha value is -1.30. The van der Waals surface area contributed by atoms with E-state index in [2.05, 4.69) is 4.99 Å². The summed E-state index contributed by atoms with van der Waals surface area (Å²) in [5.41, 5.74) is 9.79. The standard InChI is InChI=1S/C5H10O.C4H9N3O2/c1-2-4-6-5-3-1;1-2(3(8)9)7-4(5)6/h1-5H2;2H,1H3,(H,8,9)(H4,5,6,7). The van der Waals surface area contributed by atoms with E-state index < -0.39 is 12.0 Å². The average molecular weight is 217 g/mol. The first-order valence-electron chi connectivity index (χ1n) is 4.93. The van der Waals surface area contributed by atoms with Crippen molar-refractivity contribution in [2.24, 2.45) is 16.5 Å². The van der Waals surface area contributed by atoms with Crippen molar-refractivity contribution in [2.75, 3.05) is 13.2 Å². The first kappa shape index (κ1) is 13.7. The summed E-state index contributed by atoms with van der Waals surface area (Å²) >= 11 is 0. The molecule has 5 N–H and O–H groups in total. The zero-order valence-corrected chi connectivity index (χ0v) is 8.98. The van der Waals surface area contributed by atoms with E-state index in [4.69, 9.17) is 21.3 Å². The van der Waals surface area contributed by atoms with E-state index in [0.717, 1.165) is 13.2 Å². The molecular formula is C9H19N3O3. The van der Waals surface area contributed by atoms with Crippen LogP contribution in [0.1, 0.15) is 26.2 Å². The maximum atomic E-state index is 10.0. The Morgan fingerprint density at radius 3 is 2.00 bits per heavy atom. The molecule has 15 heavy (non-hydrogen) atoms. The molecule has 1 unspecified atom stereocenters. The normalized spacial score (nSPS) is 16.9. The number of ether oxygens (including phenoxy) is 1. The second-order valence-electron chi connectivity index (χ2n) is 3.24. The molecule has 6 nitrogen and oxygen atoms in total. The zero-order valence-electron chi connectivity index (χ0n) is 8.98. The third-order valence-corrected chi connectivity index (χ3v) is 1.78. The van der Waals surface area contributed by atoms with E-state index in [9.17, 15) is 4.79 Å². The predicted molar refractivity (Wildman–Crippen MR) is 57.6 cm³/mol. The summed E-state index contributed by atoms with van der Waals surface area (Å²) in [6.45, 7) is 3.39. The molecule has 0 aliphatic carbocycles. The van der Waals surface area contributed by atoms with Gasteiger partial charge in [0.2, 0.25) is 0 Å². The summed E-state index contributed by atoms with van der Waals surface area (Å²) in [4.78, 5) is 13.4. The summed E-state index contributed by atoms with van der Waals surface area (Å²) in [7, 11) is 0. The zero-order chi connectivity index (χ0) is 11.7. The van der Waals surface area contributed by atoms with Crippen molar-refractivity contribution in [3.05, 3.63) is 0 Å². The van der Waals surface area contributed by atoms with E-state index in [1.165, 1.54) is 26.2 Å². The molecule has 1 aliphatic heterocycles. The van der Waals surface area contributed by atoms with Crippen LogP contribution >= 0.6 is 0 Å². The number of aliphatic carboxylic acids is 1. The van der Waals surface area contributed by atoms with Gasteiger partial charge in [0.25, 0.3) is 0 Å². The fourth-order valence-corrected chi connectivity index (χ4v) is 0.966. The Morgan fingerprint density at radius 1 is 1.33 bits per heavy atom. The summed E-state index contributed by atoms with van der Waals surface area (Å²) < 4.78 is 5.07. The molecule has 0 radical (unpaired) electrons. The second-order valence-corrected chi connectivity index (χ2v) is 3.24. The maximum absolute atomic E-state index is 10.0. The van der Waals surface area contributed by atoms with Crippen LogP contribution in [-0.4, -0.2) is 36.3 Å². The van der Waals surface area contributed by atoms with Gasteiger partial charge in [0, 0.05) is 13.2 Å². The van der Waals surface area contributed by atoms with Gasteiger partial charge in [-0.15, -0.1) is 0 Å². The minimum Gasteiger partial charge on any atom is -0.480 e. The highest BCUT2D eigenvalue weighted by Crippen LogP contribution is 2.02. The summed E-state index contributed by atoms with van der Waals surface area (Å²) in [6.07, 6.45) is 3.93. The van der Waals surface area contributed by atoms with Crippen LogP contribution in [-0.2, 0) is 9.53 Å². The average Bonchev–Trinajstić information content (AvgIpc) is 2.20. The highest BCUT2D eigenvalue weighted by molar-refractivity contribution is 5.81. The monoisotopic (exact) mass is 217 g/mol. The molecule has 0 saturated carbocycles. The lowest BCUT2D eigenvalue weighted by Gasteiger charge is -2.08. The van der Waals surface area contributed by atoms with Crippen LogP contribution in [0, 0.1) is 0 Å². The van der Waals surface area contributed by atoms with Crippen molar-refractivity contribution in [1.82, 2.24) is 0 Å². The molecular weight excluding hydrogens is 198 g/mol. The van der Waals surface area contributed by atoms with Crippen LogP contribution in [0.15, 0.2) is 4.99 Å². The van der Waals surface area contributed by atoms with Gasteiger partial charge in [-0.3, -0.25) is 0 Å². The Kier molecular flexibility index (Phi) is 7.35. The fraction of sp³-hybridized carbons (Fsp3) is 0.778. The number of carboxylic acid groups (broad SMARTS) is 1. The van der Waals surface area contributed by atoms with Gasteiger partial charge in [0.05, 0.1) is 0 Å². The van der Waals surface area contributed by atoms with Crippen molar-refractivity contribution in [3.8, 4) is 0 Å². The van der Waals surface area contributed by atoms with Crippen LogP contribution in [0.25, 0.3) is 0 Å². The quantitative estimate of drug-likeness (QED) is 0.442. The van der Waals surface area contributed by atoms with Crippen molar-refractivity contribution >= 4 is 11.9 Å². The number of aliphatic imine (C=N–C) groups is 1. The van der Waals surface area contributed by atoms with Crippen LogP contribution < -0.4 is 11.5 Å². The van der Waals surface area contributed by atoms with Gasteiger partial charge in [-0.2, -0.15) is 0 Å². The summed E-state index contributed by atoms with van der Waals surface area (Å²) in [5, 5.41) is 8.21. The highest BCUT2D eigenvalue weighted by Gasteiger charge is 2.07. The molecule has 1 heterocycles. The Morgan fingerprint density at radius 2 is 1.87 bits per heavy atom. The third kappa shape index (κ3) is 9.01. The Balaban J connectivity index is 0.000000280. The molecule has 6 heteroatoms. The van der Waals surface area contributed by atoms with Gasteiger partial charge in [-0.1, -0.05) is 0 Å². The van der Waals surface area contributed by atoms with E-state index >= 15 is 0 Å². The summed E-state index contributed by atoms with van der Waals surface area (Å²) in [5.74, 6) is -1.24. The number of rotatable bonds is 2. The molecule has 1 aliphatic rings. The molecule has 1 fully saturated rings. The van der Waals surface area contributed by atoms with Crippen LogP contribution in [0.4, 0.5) is 0 Å². The molecule has 0 bridgehead atoms. The molecule has 0 amide bonds. The lowest BCUT2D eigenvalue weighted by atomic mass is 10.2. The highest BCUT2D eigenvalue weighted by atomic mass is 16.5. The van der Waals surface area contributed by atoms with Gasteiger partial charge < -0.3 is 21.3 Å². The minimum atomic E-state index is -1.04. The fourth-order valence-electron chi connectivity index (χ4n) is 0.966. The number of carboxylic acids is 1. The Labute approximate surface area is 89.3 Å². The molecule has 0 aromatic heterocycles. The number of nitrogens with zero attached hydrogens (tertiary/aromatic N) is 1. The topological polar surface area (TPSA) is 111 Å². The molecule has 0 spiro atoms. The van der Waals surface area contributed by atoms with Crippen LogP contribution in [0.2, 0.25) is 0 Å². The molecule has 1 rings (SSSR count). The second kappa shape index (κ2) is 8.05. The number of guanidine groups is 1. The smallest absolute Gasteiger partial charge is 0.328 e. The molecule has 0 aromatic rings. The van der Waals surface area contributed by atoms with Crippen LogP contribution in [0.3, 0.4) is 0 Å². The number of hydrogen-bond acceptors (Lipinski definition) is 3. The van der Waals surface area contributed by atoms with Crippen molar-refractivity contribution in [3.63, 3.8) is 0 Å². The first-order chi connectivity index (χ1) is 7.04. The number of carbonyl (C=O) groups is 1.